The highest BCUT2D eigenvalue weighted by Crippen LogP contribution is 2.34. The van der Waals surface area contributed by atoms with Crippen molar-refractivity contribution in [2.24, 2.45) is 0 Å². The van der Waals surface area contributed by atoms with Crippen LogP contribution in [0.2, 0.25) is 0 Å². The predicted molar refractivity (Wildman–Crippen MR) is 108 cm³/mol. The maximum absolute atomic E-state index is 14.6. The fourth-order valence-electron chi connectivity index (χ4n) is 4.34. The van der Waals surface area contributed by atoms with Crippen LogP contribution in [0.1, 0.15) is 45.1 Å². The Kier molecular flexibility index (Phi) is 5.06. The van der Waals surface area contributed by atoms with Crippen LogP contribution in [0.25, 0.3) is 11.0 Å². The largest absolute Gasteiger partial charge is 0.444 e. The number of nitrogens with one attached hydrogen (secondary N) is 1. The van der Waals surface area contributed by atoms with Gasteiger partial charge in [-0.15, -0.1) is 0 Å². The van der Waals surface area contributed by atoms with E-state index in [1.54, 1.807) is 10.6 Å². The molecule has 0 bridgehead atoms. The van der Waals surface area contributed by atoms with Crippen LogP contribution in [0.5, 0.6) is 0 Å². The summed E-state index contributed by atoms with van der Waals surface area (Å²) in [5, 5.41) is 2.93. The molecule has 1 amide bonds. The van der Waals surface area contributed by atoms with E-state index in [1.807, 2.05) is 20.8 Å². The van der Waals surface area contributed by atoms with Gasteiger partial charge >= 0.3 is 6.09 Å². The van der Waals surface area contributed by atoms with Crippen molar-refractivity contribution in [3.8, 4) is 0 Å². The Morgan fingerprint density at radius 3 is 2.72 bits per heavy atom. The standard InChI is InChI=1S/C21H27FN4O3/c1-21(2,3)29-20(28)24-14-6-8-25(9-7-14)11-13-12-26-17(27)5-4-16-19(26)18(13)15(22)10-23-16/h4-5,10,13-14H,6-9,11-12H2,1-3H3,(H,24,28). The number of pyridine rings is 2. The molecule has 2 aliphatic heterocycles. The zero-order valence-corrected chi connectivity index (χ0v) is 17.1. The minimum atomic E-state index is -0.514. The predicted octanol–water partition coefficient (Wildman–Crippen LogP) is 2.62. The van der Waals surface area contributed by atoms with Gasteiger partial charge < -0.3 is 19.5 Å². The van der Waals surface area contributed by atoms with Gasteiger partial charge in [0.05, 0.1) is 17.2 Å². The Labute approximate surface area is 168 Å². The van der Waals surface area contributed by atoms with Gasteiger partial charge in [0.2, 0.25) is 0 Å². The molecule has 156 valence electrons. The van der Waals surface area contributed by atoms with E-state index >= 15 is 0 Å². The number of carbonyl (C=O) groups excluding carboxylic acids is 1. The van der Waals surface area contributed by atoms with Crippen LogP contribution < -0.4 is 10.9 Å². The normalized spacial score (nSPS) is 20.2. The molecule has 2 aromatic heterocycles. The summed E-state index contributed by atoms with van der Waals surface area (Å²) in [6.07, 6.45) is 2.49. The molecule has 0 aliphatic carbocycles. The van der Waals surface area contributed by atoms with E-state index in [1.165, 1.54) is 12.3 Å². The Balaban J connectivity index is 1.39. The second-order valence-corrected chi connectivity index (χ2v) is 8.95. The quantitative estimate of drug-likeness (QED) is 0.854. The Morgan fingerprint density at radius 1 is 1.31 bits per heavy atom. The van der Waals surface area contributed by atoms with Crippen molar-refractivity contribution in [2.75, 3.05) is 19.6 Å². The number of carbonyl (C=O) groups is 1. The van der Waals surface area contributed by atoms with Crippen LogP contribution in [-0.4, -0.2) is 51.8 Å². The monoisotopic (exact) mass is 402 g/mol. The number of alkyl carbamates (subject to hydrolysis) is 1. The number of ether oxygens (including phenoxy) is 1. The first-order valence-corrected chi connectivity index (χ1v) is 10.1. The molecule has 1 fully saturated rings. The van der Waals surface area contributed by atoms with Gasteiger partial charge in [-0.1, -0.05) is 0 Å². The highest BCUT2D eigenvalue weighted by molar-refractivity contribution is 5.80. The lowest BCUT2D eigenvalue weighted by Crippen LogP contribution is -2.46. The lowest BCUT2D eigenvalue weighted by molar-refractivity contribution is 0.0477. The number of rotatable bonds is 3. The molecular formula is C21H27FN4O3. The fraction of sp³-hybridized carbons (Fsp3) is 0.571. The molecule has 8 heteroatoms. The first-order chi connectivity index (χ1) is 13.7. The van der Waals surface area contributed by atoms with Crippen LogP contribution in [-0.2, 0) is 11.3 Å². The molecule has 0 spiro atoms. The average molecular weight is 402 g/mol. The summed E-state index contributed by atoms with van der Waals surface area (Å²) < 4.78 is 21.5. The first-order valence-electron chi connectivity index (χ1n) is 10.1. The maximum Gasteiger partial charge on any atom is 0.407 e. The molecule has 1 N–H and O–H groups in total. The lowest BCUT2D eigenvalue weighted by atomic mass is 9.98. The Hall–Kier alpha value is -2.48. The maximum atomic E-state index is 14.6. The third-order valence-electron chi connectivity index (χ3n) is 5.59. The van der Waals surface area contributed by atoms with Gasteiger partial charge in [0.1, 0.15) is 11.4 Å². The zero-order chi connectivity index (χ0) is 20.8. The summed E-state index contributed by atoms with van der Waals surface area (Å²) in [5.74, 6) is -0.424. The molecule has 29 heavy (non-hydrogen) atoms. The number of nitrogens with zero attached hydrogens (tertiary/aromatic N) is 3. The second kappa shape index (κ2) is 7.40. The summed E-state index contributed by atoms with van der Waals surface area (Å²) in [6, 6.07) is 3.23. The van der Waals surface area contributed by atoms with Gasteiger partial charge in [0.25, 0.3) is 5.56 Å². The highest BCUT2D eigenvalue weighted by Gasteiger charge is 2.32. The molecule has 0 saturated carbocycles. The molecular weight excluding hydrogens is 375 g/mol. The second-order valence-electron chi connectivity index (χ2n) is 8.95. The molecule has 4 heterocycles. The van der Waals surface area contributed by atoms with Crippen molar-refractivity contribution in [1.82, 2.24) is 19.8 Å². The number of likely N-dealkylation sites (tertiary alicyclic amines) is 1. The Morgan fingerprint density at radius 2 is 2.03 bits per heavy atom. The molecule has 0 aromatic carbocycles. The van der Waals surface area contributed by atoms with E-state index in [-0.39, 0.29) is 29.4 Å². The van der Waals surface area contributed by atoms with Crippen molar-refractivity contribution < 1.29 is 13.9 Å². The minimum absolute atomic E-state index is 0.0777. The molecule has 4 rings (SSSR count). The van der Waals surface area contributed by atoms with Crippen molar-refractivity contribution in [3.05, 3.63) is 40.1 Å². The van der Waals surface area contributed by atoms with E-state index in [9.17, 15) is 14.0 Å². The number of hydrogen-bond donors (Lipinski definition) is 1. The fourth-order valence-corrected chi connectivity index (χ4v) is 4.34. The summed E-state index contributed by atoms with van der Waals surface area (Å²) in [6.45, 7) is 8.29. The van der Waals surface area contributed by atoms with E-state index in [0.717, 1.165) is 25.9 Å². The number of amides is 1. The van der Waals surface area contributed by atoms with Gasteiger partial charge in [-0.2, -0.15) is 0 Å². The van der Waals surface area contributed by atoms with E-state index in [4.69, 9.17) is 4.74 Å². The molecule has 1 atom stereocenters. The van der Waals surface area contributed by atoms with E-state index < -0.39 is 5.60 Å². The van der Waals surface area contributed by atoms with Gasteiger partial charge in [-0.3, -0.25) is 9.78 Å². The summed E-state index contributed by atoms with van der Waals surface area (Å²) >= 11 is 0. The van der Waals surface area contributed by atoms with Crippen LogP contribution in [0.3, 0.4) is 0 Å². The van der Waals surface area contributed by atoms with E-state index in [0.29, 0.717) is 29.7 Å². The SMILES string of the molecule is CC(C)(C)OC(=O)NC1CCN(CC2Cn3c(=O)ccc4ncc(F)c2c43)CC1. The molecule has 2 aromatic rings. The summed E-state index contributed by atoms with van der Waals surface area (Å²) in [4.78, 5) is 30.6. The molecule has 1 unspecified atom stereocenters. The first kappa shape index (κ1) is 19.8. The van der Waals surface area contributed by atoms with Gasteiger partial charge in [-0.25, -0.2) is 9.18 Å². The van der Waals surface area contributed by atoms with Crippen LogP contribution in [0.4, 0.5) is 9.18 Å². The minimum Gasteiger partial charge on any atom is -0.444 e. The van der Waals surface area contributed by atoms with Gasteiger partial charge in [0, 0.05) is 49.8 Å². The summed E-state index contributed by atoms with van der Waals surface area (Å²) in [7, 11) is 0. The van der Waals surface area contributed by atoms with Crippen molar-refractivity contribution >= 4 is 17.1 Å². The van der Waals surface area contributed by atoms with Crippen molar-refractivity contribution in [2.45, 2.75) is 57.7 Å². The molecule has 0 radical (unpaired) electrons. The molecule has 7 nitrogen and oxygen atoms in total. The lowest BCUT2D eigenvalue weighted by Gasteiger charge is -2.34. The summed E-state index contributed by atoms with van der Waals surface area (Å²) in [5.41, 5.74) is 1.25. The zero-order valence-electron chi connectivity index (χ0n) is 17.1. The average Bonchev–Trinajstić information content (AvgIpc) is 3.01. The third kappa shape index (κ3) is 4.12. The number of piperidine rings is 1. The van der Waals surface area contributed by atoms with Crippen molar-refractivity contribution in [3.63, 3.8) is 0 Å². The van der Waals surface area contributed by atoms with Gasteiger partial charge in [-0.05, 0) is 39.7 Å². The number of halogens is 1. The highest BCUT2D eigenvalue weighted by atomic mass is 19.1. The number of hydrogen-bond acceptors (Lipinski definition) is 5. The molecule has 1 saturated heterocycles. The Bertz CT molecular complexity index is 990. The number of aromatic nitrogens is 2. The topological polar surface area (TPSA) is 76.5 Å². The van der Waals surface area contributed by atoms with Crippen molar-refractivity contribution in [1.29, 1.82) is 0 Å². The van der Waals surface area contributed by atoms with Gasteiger partial charge in [0.15, 0.2) is 0 Å². The van der Waals surface area contributed by atoms with Crippen LogP contribution in [0.15, 0.2) is 23.1 Å². The van der Waals surface area contributed by atoms with Crippen LogP contribution in [0, 0.1) is 5.82 Å². The molecule has 2 aliphatic rings. The van der Waals surface area contributed by atoms with E-state index in [2.05, 4.69) is 15.2 Å². The smallest absolute Gasteiger partial charge is 0.407 e. The third-order valence-corrected chi connectivity index (χ3v) is 5.59. The van der Waals surface area contributed by atoms with Crippen LogP contribution >= 0.6 is 0 Å².